The molecule has 0 bridgehead atoms. The SMILES string of the molecule is C[C@H](NC(=O)c1ccccc1NC(=O)c1ccc(Cl)cc1)c1ccccn1. The molecule has 27 heavy (non-hydrogen) atoms. The number of pyridine rings is 1. The molecule has 0 aliphatic heterocycles. The third-order valence-electron chi connectivity index (χ3n) is 4.01. The number of carbonyl (C=O) groups is 2. The van der Waals surface area contributed by atoms with E-state index in [0.717, 1.165) is 5.69 Å². The summed E-state index contributed by atoms with van der Waals surface area (Å²) in [5.74, 6) is -0.607. The zero-order chi connectivity index (χ0) is 19.2. The smallest absolute Gasteiger partial charge is 0.255 e. The standard InChI is InChI=1S/C21H18ClN3O2/c1-14(18-7-4-5-13-23-18)24-21(27)17-6-2-3-8-19(17)25-20(26)15-9-11-16(22)12-10-15/h2-14H,1H3,(H,24,27)(H,25,26)/t14-/m0/s1. The Kier molecular flexibility index (Phi) is 5.84. The summed E-state index contributed by atoms with van der Waals surface area (Å²) in [6, 6.07) is 18.7. The van der Waals surface area contributed by atoms with E-state index in [9.17, 15) is 9.59 Å². The van der Waals surface area contributed by atoms with E-state index < -0.39 is 0 Å². The molecule has 0 radical (unpaired) electrons. The first kappa shape index (κ1) is 18.6. The predicted octanol–water partition coefficient (Wildman–Crippen LogP) is 4.48. The summed E-state index contributed by atoms with van der Waals surface area (Å²) >= 11 is 5.85. The molecule has 0 fully saturated rings. The first-order valence-corrected chi connectivity index (χ1v) is 8.80. The van der Waals surface area contributed by atoms with Crippen molar-refractivity contribution >= 4 is 29.1 Å². The molecule has 0 spiro atoms. The van der Waals surface area contributed by atoms with Crippen LogP contribution in [0.2, 0.25) is 5.02 Å². The minimum Gasteiger partial charge on any atom is -0.344 e. The van der Waals surface area contributed by atoms with Crippen LogP contribution in [0.3, 0.4) is 0 Å². The highest BCUT2D eigenvalue weighted by Crippen LogP contribution is 2.19. The maximum Gasteiger partial charge on any atom is 0.255 e. The van der Waals surface area contributed by atoms with Crippen LogP contribution in [0.5, 0.6) is 0 Å². The number of carbonyl (C=O) groups excluding carboxylic acids is 2. The second-order valence-electron chi connectivity index (χ2n) is 5.96. The molecule has 136 valence electrons. The molecule has 1 atom stereocenters. The maximum absolute atomic E-state index is 12.7. The van der Waals surface area contributed by atoms with Crippen molar-refractivity contribution in [2.45, 2.75) is 13.0 Å². The Morgan fingerprint density at radius 1 is 0.926 bits per heavy atom. The lowest BCUT2D eigenvalue weighted by Crippen LogP contribution is -2.28. The van der Waals surface area contributed by atoms with E-state index in [1.165, 1.54) is 0 Å². The van der Waals surface area contributed by atoms with Gasteiger partial charge in [-0.1, -0.05) is 29.8 Å². The van der Waals surface area contributed by atoms with E-state index in [2.05, 4.69) is 15.6 Å². The predicted molar refractivity (Wildman–Crippen MR) is 106 cm³/mol. The molecule has 3 aromatic rings. The van der Waals surface area contributed by atoms with Crippen LogP contribution >= 0.6 is 11.6 Å². The molecule has 2 amide bonds. The highest BCUT2D eigenvalue weighted by Gasteiger charge is 2.17. The third kappa shape index (κ3) is 4.71. The van der Waals surface area contributed by atoms with Gasteiger partial charge in [0.25, 0.3) is 11.8 Å². The molecular formula is C21H18ClN3O2. The monoisotopic (exact) mass is 379 g/mol. The summed E-state index contributed by atoms with van der Waals surface area (Å²) in [4.78, 5) is 29.4. The summed E-state index contributed by atoms with van der Waals surface area (Å²) in [6.07, 6.45) is 1.68. The first-order chi connectivity index (χ1) is 13.0. The Morgan fingerprint density at radius 3 is 2.33 bits per heavy atom. The fourth-order valence-electron chi connectivity index (χ4n) is 2.57. The lowest BCUT2D eigenvalue weighted by Gasteiger charge is -2.15. The third-order valence-corrected chi connectivity index (χ3v) is 4.26. The highest BCUT2D eigenvalue weighted by molar-refractivity contribution is 6.30. The average Bonchev–Trinajstić information content (AvgIpc) is 2.69. The van der Waals surface area contributed by atoms with Crippen molar-refractivity contribution in [2.24, 2.45) is 0 Å². The lowest BCUT2D eigenvalue weighted by atomic mass is 10.1. The van der Waals surface area contributed by atoms with Crippen LogP contribution in [0.4, 0.5) is 5.69 Å². The average molecular weight is 380 g/mol. The van der Waals surface area contributed by atoms with Gasteiger partial charge in [-0.3, -0.25) is 14.6 Å². The van der Waals surface area contributed by atoms with Crippen LogP contribution in [-0.2, 0) is 0 Å². The van der Waals surface area contributed by atoms with Crippen molar-refractivity contribution in [3.8, 4) is 0 Å². The molecule has 0 unspecified atom stereocenters. The number of para-hydroxylation sites is 1. The number of hydrogen-bond donors (Lipinski definition) is 2. The molecule has 2 aromatic carbocycles. The van der Waals surface area contributed by atoms with Gasteiger partial charge in [0, 0.05) is 16.8 Å². The lowest BCUT2D eigenvalue weighted by molar-refractivity contribution is 0.0940. The summed E-state index contributed by atoms with van der Waals surface area (Å²) in [7, 11) is 0. The Labute approximate surface area is 162 Å². The molecule has 6 heteroatoms. The van der Waals surface area contributed by atoms with E-state index >= 15 is 0 Å². The number of aromatic nitrogens is 1. The van der Waals surface area contributed by atoms with Gasteiger partial charge >= 0.3 is 0 Å². The van der Waals surface area contributed by atoms with Crippen LogP contribution in [-0.4, -0.2) is 16.8 Å². The fraction of sp³-hybridized carbons (Fsp3) is 0.0952. The van der Waals surface area contributed by atoms with Gasteiger partial charge < -0.3 is 10.6 Å². The normalized spacial score (nSPS) is 11.5. The van der Waals surface area contributed by atoms with E-state index in [1.54, 1.807) is 54.7 Å². The number of rotatable bonds is 5. The molecule has 1 aromatic heterocycles. The molecular weight excluding hydrogens is 362 g/mol. The molecule has 2 N–H and O–H groups in total. The number of halogens is 1. The molecule has 5 nitrogen and oxygen atoms in total. The Balaban J connectivity index is 1.76. The molecule has 1 heterocycles. The number of hydrogen-bond acceptors (Lipinski definition) is 3. The van der Waals surface area contributed by atoms with Gasteiger partial charge in [-0.05, 0) is 55.5 Å². The van der Waals surface area contributed by atoms with Crippen molar-refractivity contribution in [1.29, 1.82) is 0 Å². The van der Waals surface area contributed by atoms with Crippen molar-refractivity contribution in [3.63, 3.8) is 0 Å². The minimum absolute atomic E-state index is 0.265. The highest BCUT2D eigenvalue weighted by atomic mass is 35.5. The molecule has 0 aliphatic carbocycles. The number of nitrogens with zero attached hydrogens (tertiary/aromatic N) is 1. The summed E-state index contributed by atoms with van der Waals surface area (Å²) in [5.41, 5.74) is 2.02. The van der Waals surface area contributed by atoms with Gasteiger partial charge in [0.1, 0.15) is 0 Å². The van der Waals surface area contributed by atoms with Crippen molar-refractivity contribution in [1.82, 2.24) is 10.3 Å². The van der Waals surface area contributed by atoms with Gasteiger partial charge in [-0.25, -0.2) is 0 Å². The maximum atomic E-state index is 12.7. The van der Waals surface area contributed by atoms with Crippen molar-refractivity contribution in [3.05, 3.63) is 94.8 Å². The second-order valence-corrected chi connectivity index (χ2v) is 6.39. The van der Waals surface area contributed by atoms with Crippen molar-refractivity contribution < 1.29 is 9.59 Å². The van der Waals surface area contributed by atoms with E-state index in [4.69, 9.17) is 11.6 Å². The molecule has 3 rings (SSSR count). The van der Waals surface area contributed by atoms with Gasteiger partial charge in [-0.15, -0.1) is 0 Å². The number of nitrogens with one attached hydrogen (secondary N) is 2. The van der Waals surface area contributed by atoms with Crippen molar-refractivity contribution in [2.75, 3.05) is 5.32 Å². The van der Waals surface area contributed by atoms with Gasteiger partial charge in [0.2, 0.25) is 0 Å². The van der Waals surface area contributed by atoms with Crippen LogP contribution in [0.25, 0.3) is 0 Å². The van der Waals surface area contributed by atoms with E-state index in [0.29, 0.717) is 21.8 Å². The largest absolute Gasteiger partial charge is 0.344 e. The van der Waals surface area contributed by atoms with Crippen LogP contribution in [0.15, 0.2) is 72.9 Å². The topological polar surface area (TPSA) is 71.1 Å². The number of amides is 2. The zero-order valence-corrected chi connectivity index (χ0v) is 15.4. The number of benzene rings is 2. The molecule has 0 aliphatic rings. The number of anilines is 1. The second kappa shape index (κ2) is 8.47. The summed E-state index contributed by atoms with van der Waals surface area (Å²) in [5, 5.41) is 6.24. The van der Waals surface area contributed by atoms with E-state index in [1.807, 2.05) is 25.1 Å². The summed E-state index contributed by atoms with van der Waals surface area (Å²) < 4.78 is 0. The molecule has 0 saturated heterocycles. The first-order valence-electron chi connectivity index (χ1n) is 8.42. The van der Waals surface area contributed by atoms with Gasteiger partial charge in [0.05, 0.1) is 23.0 Å². The zero-order valence-electron chi connectivity index (χ0n) is 14.6. The summed E-state index contributed by atoms with van der Waals surface area (Å²) in [6.45, 7) is 1.86. The van der Waals surface area contributed by atoms with Gasteiger partial charge in [0.15, 0.2) is 0 Å². The Bertz CT molecular complexity index is 943. The van der Waals surface area contributed by atoms with Crippen LogP contribution < -0.4 is 10.6 Å². The molecule has 0 saturated carbocycles. The van der Waals surface area contributed by atoms with Crippen LogP contribution in [0.1, 0.15) is 39.4 Å². The fourth-order valence-corrected chi connectivity index (χ4v) is 2.69. The Morgan fingerprint density at radius 2 is 1.63 bits per heavy atom. The van der Waals surface area contributed by atoms with Crippen LogP contribution in [0, 0.1) is 0 Å². The quantitative estimate of drug-likeness (QED) is 0.686. The van der Waals surface area contributed by atoms with E-state index in [-0.39, 0.29) is 17.9 Å². The minimum atomic E-state index is -0.315. The van der Waals surface area contributed by atoms with Gasteiger partial charge in [-0.2, -0.15) is 0 Å². The Hall–Kier alpha value is -3.18.